The van der Waals surface area contributed by atoms with Crippen LogP contribution in [-0.4, -0.2) is 34.3 Å². The van der Waals surface area contributed by atoms with Crippen molar-refractivity contribution in [2.45, 2.75) is 19.0 Å². The van der Waals surface area contributed by atoms with Crippen LogP contribution in [0.5, 0.6) is 0 Å². The molecule has 144 valence electrons. The van der Waals surface area contributed by atoms with Crippen molar-refractivity contribution in [2.75, 3.05) is 18.2 Å². The average Bonchev–Trinajstić information content (AvgIpc) is 3.14. The van der Waals surface area contributed by atoms with Gasteiger partial charge in [0.1, 0.15) is 0 Å². The van der Waals surface area contributed by atoms with Crippen LogP contribution in [0.4, 0.5) is 5.69 Å². The van der Waals surface area contributed by atoms with Gasteiger partial charge in [0.15, 0.2) is 5.16 Å². The summed E-state index contributed by atoms with van der Waals surface area (Å²) in [6.45, 7) is 4.11. The lowest BCUT2D eigenvalue weighted by molar-refractivity contribution is -0.113. The van der Waals surface area contributed by atoms with Gasteiger partial charge in [-0.25, -0.2) is 9.78 Å². The number of aromatic nitrogens is 2. The van der Waals surface area contributed by atoms with Crippen molar-refractivity contribution >= 4 is 29.3 Å². The quantitative estimate of drug-likeness (QED) is 0.504. The Morgan fingerprint density at radius 3 is 2.75 bits per heavy atom. The standard InChI is InChI=1S/C21H21N3O3S/c1-14-7-8-18(15(2)11-14)24-10-9-22-21(24)28-13-19(25)23-17-6-4-5-16(12-17)20(26)27-3/h4-12H,13H2,1-3H3,(H,23,25). The number of hydrogen-bond acceptors (Lipinski definition) is 5. The number of aryl methyl sites for hydroxylation is 2. The lowest BCUT2D eigenvalue weighted by Gasteiger charge is -2.11. The third kappa shape index (κ3) is 4.61. The molecule has 0 fully saturated rings. The summed E-state index contributed by atoms with van der Waals surface area (Å²) in [5, 5.41) is 3.54. The predicted molar refractivity (Wildman–Crippen MR) is 110 cm³/mol. The maximum atomic E-state index is 12.3. The van der Waals surface area contributed by atoms with Gasteiger partial charge in [-0.05, 0) is 43.7 Å². The SMILES string of the molecule is COC(=O)c1cccc(NC(=O)CSc2nccn2-c2ccc(C)cc2C)c1. The molecule has 6 nitrogen and oxygen atoms in total. The Kier molecular flexibility index (Phi) is 6.16. The molecule has 0 unspecified atom stereocenters. The number of hydrogen-bond donors (Lipinski definition) is 1. The number of anilines is 1. The monoisotopic (exact) mass is 395 g/mol. The Bertz CT molecular complexity index is 1010. The van der Waals surface area contributed by atoms with Crippen LogP contribution in [0.2, 0.25) is 0 Å². The van der Waals surface area contributed by atoms with Gasteiger partial charge in [0, 0.05) is 18.1 Å². The first-order valence-electron chi connectivity index (χ1n) is 8.70. The smallest absolute Gasteiger partial charge is 0.337 e. The highest BCUT2D eigenvalue weighted by Gasteiger charge is 2.12. The molecule has 0 aliphatic rings. The van der Waals surface area contributed by atoms with Crippen LogP contribution in [0, 0.1) is 13.8 Å². The molecule has 1 amide bonds. The van der Waals surface area contributed by atoms with E-state index in [1.165, 1.54) is 24.4 Å². The van der Waals surface area contributed by atoms with Crippen molar-refractivity contribution < 1.29 is 14.3 Å². The minimum Gasteiger partial charge on any atom is -0.465 e. The van der Waals surface area contributed by atoms with Crippen LogP contribution >= 0.6 is 11.8 Å². The van der Waals surface area contributed by atoms with Crippen LogP contribution in [0.3, 0.4) is 0 Å². The summed E-state index contributed by atoms with van der Waals surface area (Å²) in [6.07, 6.45) is 3.61. The molecule has 0 radical (unpaired) electrons. The molecular formula is C21H21N3O3S. The highest BCUT2D eigenvalue weighted by atomic mass is 32.2. The first-order chi connectivity index (χ1) is 13.5. The van der Waals surface area contributed by atoms with Gasteiger partial charge in [-0.2, -0.15) is 0 Å². The van der Waals surface area contributed by atoms with E-state index in [9.17, 15) is 9.59 Å². The van der Waals surface area contributed by atoms with E-state index in [-0.39, 0.29) is 11.7 Å². The molecule has 7 heteroatoms. The molecule has 0 bridgehead atoms. The van der Waals surface area contributed by atoms with Crippen molar-refractivity contribution in [1.82, 2.24) is 9.55 Å². The van der Waals surface area contributed by atoms with E-state index in [1.807, 2.05) is 10.8 Å². The van der Waals surface area contributed by atoms with Crippen molar-refractivity contribution in [2.24, 2.45) is 0 Å². The maximum Gasteiger partial charge on any atom is 0.337 e. The maximum absolute atomic E-state index is 12.3. The van der Waals surface area contributed by atoms with Crippen LogP contribution < -0.4 is 5.32 Å². The summed E-state index contributed by atoms with van der Waals surface area (Å²) < 4.78 is 6.67. The number of benzene rings is 2. The largest absolute Gasteiger partial charge is 0.465 e. The van der Waals surface area contributed by atoms with Gasteiger partial charge in [0.05, 0.1) is 24.1 Å². The molecule has 0 saturated carbocycles. The zero-order valence-corrected chi connectivity index (χ0v) is 16.7. The van der Waals surface area contributed by atoms with Gasteiger partial charge in [0.2, 0.25) is 5.91 Å². The van der Waals surface area contributed by atoms with E-state index >= 15 is 0 Å². The Hall–Kier alpha value is -3.06. The fourth-order valence-corrected chi connectivity index (χ4v) is 3.59. The Labute approximate surface area is 167 Å². The Morgan fingerprint density at radius 2 is 2.00 bits per heavy atom. The first-order valence-corrected chi connectivity index (χ1v) is 9.68. The van der Waals surface area contributed by atoms with Crippen LogP contribution in [-0.2, 0) is 9.53 Å². The summed E-state index contributed by atoms with van der Waals surface area (Å²) in [4.78, 5) is 28.3. The number of nitrogens with zero attached hydrogens (tertiary/aromatic N) is 2. The minimum atomic E-state index is -0.444. The number of imidazole rings is 1. The molecule has 0 aliphatic heterocycles. The number of esters is 1. The van der Waals surface area contributed by atoms with E-state index in [4.69, 9.17) is 4.74 Å². The predicted octanol–water partition coefficient (Wildman–Crippen LogP) is 4.01. The lowest BCUT2D eigenvalue weighted by Crippen LogP contribution is -2.15. The zero-order valence-electron chi connectivity index (χ0n) is 15.9. The second kappa shape index (κ2) is 8.75. The number of methoxy groups -OCH3 is 1. The van der Waals surface area contributed by atoms with Crippen molar-refractivity contribution in [3.8, 4) is 5.69 Å². The van der Waals surface area contributed by atoms with Crippen LogP contribution in [0.25, 0.3) is 5.69 Å². The Morgan fingerprint density at radius 1 is 1.18 bits per heavy atom. The number of ether oxygens (including phenoxy) is 1. The third-order valence-corrected chi connectivity index (χ3v) is 5.09. The number of rotatable bonds is 6. The molecular weight excluding hydrogens is 374 g/mol. The normalized spacial score (nSPS) is 10.5. The average molecular weight is 395 g/mol. The highest BCUT2D eigenvalue weighted by molar-refractivity contribution is 7.99. The van der Waals surface area contributed by atoms with Crippen molar-refractivity contribution in [1.29, 1.82) is 0 Å². The highest BCUT2D eigenvalue weighted by Crippen LogP contribution is 2.23. The molecule has 1 heterocycles. The number of carbonyl (C=O) groups is 2. The van der Waals surface area contributed by atoms with Gasteiger partial charge < -0.3 is 10.1 Å². The molecule has 0 saturated heterocycles. The van der Waals surface area contributed by atoms with E-state index in [0.29, 0.717) is 11.3 Å². The second-order valence-electron chi connectivity index (χ2n) is 6.28. The van der Waals surface area contributed by atoms with Gasteiger partial charge in [0.25, 0.3) is 0 Å². The van der Waals surface area contributed by atoms with E-state index in [2.05, 4.69) is 42.3 Å². The summed E-state index contributed by atoms with van der Waals surface area (Å²) in [5.41, 5.74) is 4.31. The van der Waals surface area contributed by atoms with E-state index in [1.54, 1.807) is 30.5 Å². The summed E-state index contributed by atoms with van der Waals surface area (Å²) in [6, 6.07) is 12.9. The number of thioether (sulfide) groups is 1. The molecule has 0 atom stereocenters. The van der Waals surface area contributed by atoms with Crippen LogP contribution in [0.15, 0.2) is 60.0 Å². The van der Waals surface area contributed by atoms with Crippen molar-refractivity contribution in [3.05, 3.63) is 71.5 Å². The fourth-order valence-electron chi connectivity index (χ4n) is 2.82. The van der Waals surface area contributed by atoms with Gasteiger partial charge >= 0.3 is 5.97 Å². The molecule has 1 aromatic heterocycles. The van der Waals surface area contributed by atoms with E-state index < -0.39 is 5.97 Å². The number of nitrogens with one attached hydrogen (secondary N) is 1. The molecule has 28 heavy (non-hydrogen) atoms. The third-order valence-electron chi connectivity index (χ3n) is 4.12. The molecule has 2 aromatic carbocycles. The van der Waals surface area contributed by atoms with Gasteiger partial charge in [-0.1, -0.05) is 35.5 Å². The lowest BCUT2D eigenvalue weighted by atomic mass is 10.1. The second-order valence-corrected chi connectivity index (χ2v) is 7.22. The Balaban J connectivity index is 1.66. The van der Waals surface area contributed by atoms with Crippen molar-refractivity contribution in [3.63, 3.8) is 0 Å². The van der Waals surface area contributed by atoms with E-state index in [0.717, 1.165) is 16.4 Å². The molecule has 3 rings (SSSR count). The molecule has 0 aliphatic carbocycles. The fraction of sp³-hybridized carbons (Fsp3) is 0.190. The summed E-state index contributed by atoms with van der Waals surface area (Å²) in [7, 11) is 1.32. The first kappa shape index (κ1) is 19.7. The number of amides is 1. The number of carbonyl (C=O) groups excluding carboxylic acids is 2. The molecule has 3 aromatic rings. The zero-order chi connectivity index (χ0) is 20.1. The summed E-state index contributed by atoms with van der Waals surface area (Å²) in [5.74, 6) is -0.423. The van der Waals surface area contributed by atoms with Crippen LogP contribution in [0.1, 0.15) is 21.5 Å². The summed E-state index contributed by atoms with van der Waals surface area (Å²) >= 11 is 1.35. The molecule has 0 spiro atoms. The molecule has 1 N–H and O–H groups in total. The van der Waals surface area contributed by atoms with Gasteiger partial charge in [-0.15, -0.1) is 0 Å². The topological polar surface area (TPSA) is 73.2 Å². The van der Waals surface area contributed by atoms with Gasteiger partial charge in [-0.3, -0.25) is 9.36 Å². The minimum absolute atomic E-state index is 0.179.